The highest BCUT2D eigenvalue weighted by Crippen LogP contribution is 2.43. The summed E-state index contributed by atoms with van der Waals surface area (Å²) in [6.45, 7) is 0.763. The summed E-state index contributed by atoms with van der Waals surface area (Å²) in [5, 5.41) is 0. The zero-order valence-corrected chi connectivity index (χ0v) is 9.69. The molecule has 4 heteroatoms. The van der Waals surface area contributed by atoms with Crippen LogP contribution in [0.1, 0.15) is 32.1 Å². The van der Waals surface area contributed by atoms with E-state index in [-0.39, 0.29) is 11.7 Å². The van der Waals surface area contributed by atoms with Crippen LogP contribution in [0, 0.1) is 5.95 Å². The molecule has 1 aromatic heterocycles. The van der Waals surface area contributed by atoms with Gasteiger partial charge >= 0.3 is 0 Å². The number of nitrogens with zero attached hydrogens (tertiary/aromatic N) is 1. The van der Waals surface area contributed by atoms with E-state index in [2.05, 4.69) is 4.98 Å². The molecule has 2 fully saturated rings. The van der Waals surface area contributed by atoms with Crippen molar-refractivity contribution < 1.29 is 13.9 Å². The van der Waals surface area contributed by atoms with Gasteiger partial charge in [0.25, 0.3) is 0 Å². The maximum Gasteiger partial charge on any atom is 0.213 e. The monoisotopic (exact) mass is 237 g/mol. The largest absolute Gasteiger partial charge is 0.489 e. The lowest BCUT2D eigenvalue weighted by molar-refractivity contribution is -0.153. The van der Waals surface area contributed by atoms with Gasteiger partial charge in [0.05, 0.1) is 18.4 Å². The second kappa shape index (κ2) is 4.26. The zero-order valence-electron chi connectivity index (χ0n) is 9.69. The van der Waals surface area contributed by atoms with E-state index in [1.807, 2.05) is 0 Å². The number of pyridine rings is 1. The minimum absolute atomic E-state index is 0.0797. The van der Waals surface area contributed by atoms with Gasteiger partial charge in [0, 0.05) is 12.8 Å². The first-order valence-electron chi connectivity index (χ1n) is 6.18. The molecule has 0 radical (unpaired) electrons. The van der Waals surface area contributed by atoms with E-state index in [0.29, 0.717) is 5.75 Å². The van der Waals surface area contributed by atoms with E-state index in [1.54, 1.807) is 6.07 Å². The predicted octanol–water partition coefficient (Wildman–Crippen LogP) is 2.70. The van der Waals surface area contributed by atoms with Crippen molar-refractivity contribution in [3.63, 3.8) is 0 Å². The van der Waals surface area contributed by atoms with E-state index in [9.17, 15) is 4.39 Å². The fraction of sp³-hybridized carbons (Fsp3) is 0.615. The third-order valence-electron chi connectivity index (χ3n) is 3.72. The molecule has 1 aliphatic carbocycles. The molecule has 17 heavy (non-hydrogen) atoms. The van der Waals surface area contributed by atoms with E-state index in [0.717, 1.165) is 32.3 Å². The molecular weight excluding hydrogens is 221 g/mol. The van der Waals surface area contributed by atoms with Gasteiger partial charge in [-0.1, -0.05) is 0 Å². The quantitative estimate of drug-likeness (QED) is 0.741. The van der Waals surface area contributed by atoms with Crippen molar-refractivity contribution in [3.8, 4) is 5.75 Å². The first-order chi connectivity index (χ1) is 8.26. The van der Waals surface area contributed by atoms with Crippen molar-refractivity contribution in [1.82, 2.24) is 4.98 Å². The van der Waals surface area contributed by atoms with Gasteiger partial charge < -0.3 is 9.47 Å². The third kappa shape index (κ3) is 2.27. The van der Waals surface area contributed by atoms with Crippen LogP contribution in [-0.2, 0) is 4.74 Å². The Balaban J connectivity index is 1.63. The molecule has 0 bridgehead atoms. The molecular formula is C13H16FNO2. The van der Waals surface area contributed by atoms with Crippen LogP contribution in [-0.4, -0.2) is 23.3 Å². The number of rotatable bonds is 2. The maximum absolute atomic E-state index is 12.7. The van der Waals surface area contributed by atoms with Crippen LogP contribution in [0.25, 0.3) is 0 Å². The summed E-state index contributed by atoms with van der Waals surface area (Å²) in [5.74, 6) is 0.174. The van der Waals surface area contributed by atoms with Crippen molar-refractivity contribution in [2.45, 2.75) is 43.8 Å². The van der Waals surface area contributed by atoms with E-state index in [1.165, 1.54) is 18.7 Å². The fourth-order valence-corrected chi connectivity index (χ4v) is 2.63. The predicted molar refractivity (Wildman–Crippen MR) is 60.4 cm³/mol. The van der Waals surface area contributed by atoms with E-state index in [4.69, 9.17) is 9.47 Å². The summed E-state index contributed by atoms with van der Waals surface area (Å²) >= 11 is 0. The Hall–Kier alpha value is -1.16. The Morgan fingerprint density at radius 1 is 1.41 bits per heavy atom. The van der Waals surface area contributed by atoms with Crippen LogP contribution >= 0.6 is 0 Å². The van der Waals surface area contributed by atoms with Crippen molar-refractivity contribution in [3.05, 3.63) is 24.3 Å². The van der Waals surface area contributed by atoms with Gasteiger partial charge in [-0.3, -0.25) is 0 Å². The first-order valence-corrected chi connectivity index (χ1v) is 6.18. The minimum Gasteiger partial charge on any atom is -0.489 e. The second-order valence-electron chi connectivity index (χ2n) is 4.93. The summed E-state index contributed by atoms with van der Waals surface area (Å²) in [5.41, 5.74) is 0.0797. The van der Waals surface area contributed by atoms with Gasteiger partial charge in [0.1, 0.15) is 11.9 Å². The number of ether oxygens (including phenoxy) is 2. The number of halogens is 1. The number of aromatic nitrogens is 1. The van der Waals surface area contributed by atoms with Crippen LogP contribution in [0.5, 0.6) is 5.75 Å². The average Bonchev–Trinajstić information content (AvgIpc) is 2.31. The molecule has 1 aliphatic heterocycles. The Labute approximate surface area is 100.0 Å². The molecule has 0 amide bonds. The maximum atomic E-state index is 12.7. The Bertz CT molecular complexity index is 389. The van der Waals surface area contributed by atoms with Crippen LogP contribution in [0.4, 0.5) is 4.39 Å². The molecule has 1 saturated carbocycles. The molecule has 1 saturated heterocycles. The molecule has 92 valence electrons. The minimum atomic E-state index is -0.472. The molecule has 3 nitrogen and oxygen atoms in total. The molecule has 1 aromatic rings. The van der Waals surface area contributed by atoms with Crippen molar-refractivity contribution in [2.75, 3.05) is 6.61 Å². The normalized spacial score (nSPS) is 26.5. The smallest absolute Gasteiger partial charge is 0.213 e. The Kier molecular flexibility index (Phi) is 2.74. The molecule has 0 aromatic carbocycles. The highest BCUT2D eigenvalue weighted by Gasteiger charge is 2.43. The second-order valence-corrected chi connectivity index (χ2v) is 4.93. The van der Waals surface area contributed by atoms with Crippen LogP contribution in [0.2, 0.25) is 0 Å². The number of hydrogen-bond donors (Lipinski definition) is 0. The lowest BCUT2D eigenvalue weighted by Gasteiger charge is -2.46. The Morgan fingerprint density at radius 2 is 2.29 bits per heavy atom. The summed E-state index contributed by atoms with van der Waals surface area (Å²) in [6, 6.07) is 2.96. The van der Waals surface area contributed by atoms with Crippen LogP contribution < -0.4 is 4.74 Å². The summed E-state index contributed by atoms with van der Waals surface area (Å²) < 4.78 is 24.3. The van der Waals surface area contributed by atoms with Gasteiger partial charge in [-0.2, -0.15) is 4.39 Å². The molecule has 2 heterocycles. The van der Waals surface area contributed by atoms with Crippen LogP contribution in [0.15, 0.2) is 18.3 Å². The first kappa shape index (κ1) is 11.0. The SMILES string of the molecule is Fc1ccc(OC2CCOC3(CCC3)C2)cn1. The van der Waals surface area contributed by atoms with Crippen molar-refractivity contribution in [2.24, 2.45) is 0 Å². The van der Waals surface area contributed by atoms with Gasteiger partial charge in [0.2, 0.25) is 5.95 Å². The molecule has 3 rings (SSSR count). The van der Waals surface area contributed by atoms with E-state index >= 15 is 0 Å². The molecule has 1 atom stereocenters. The lowest BCUT2D eigenvalue weighted by atomic mass is 9.74. The van der Waals surface area contributed by atoms with Gasteiger partial charge in [-0.15, -0.1) is 0 Å². The van der Waals surface area contributed by atoms with Gasteiger partial charge in [-0.25, -0.2) is 4.98 Å². The molecule has 1 spiro atoms. The van der Waals surface area contributed by atoms with Crippen LogP contribution in [0.3, 0.4) is 0 Å². The average molecular weight is 237 g/mol. The third-order valence-corrected chi connectivity index (χ3v) is 3.72. The molecule has 0 N–H and O–H groups in total. The summed E-state index contributed by atoms with van der Waals surface area (Å²) in [4.78, 5) is 3.59. The van der Waals surface area contributed by atoms with Crippen molar-refractivity contribution in [1.29, 1.82) is 0 Å². The molecule has 1 unspecified atom stereocenters. The number of hydrogen-bond acceptors (Lipinski definition) is 3. The van der Waals surface area contributed by atoms with Gasteiger partial charge in [0.15, 0.2) is 0 Å². The zero-order chi connectivity index (χ0) is 11.7. The highest BCUT2D eigenvalue weighted by molar-refractivity contribution is 5.17. The summed E-state index contributed by atoms with van der Waals surface area (Å²) in [7, 11) is 0. The Morgan fingerprint density at radius 3 is 2.94 bits per heavy atom. The van der Waals surface area contributed by atoms with Crippen molar-refractivity contribution >= 4 is 0 Å². The summed E-state index contributed by atoms with van der Waals surface area (Å²) in [6.07, 6.45) is 7.02. The highest BCUT2D eigenvalue weighted by atomic mass is 19.1. The topological polar surface area (TPSA) is 31.4 Å². The standard InChI is InChI=1S/C13H16FNO2/c14-12-3-2-11(9-15-12)17-10-4-7-16-13(8-10)5-1-6-13/h2-3,9-10H,1,4-8H2. The molecule has 2 aliphatic rings. The fourth-order valence-electron chi connectivity index (χ4n) is 2.63. The lowest BCUT2D eigenvalue weighted by Crippen LogP contribution is -2.48. The van der Waals surface area contributed by atoms with Gasteiger partial charge in [-0.05, 0) is 31.4 Å². The van der Waals surface area contributed by atoms with E-state index < -0.39 is 5.95 Å².